The number of carbonyl (C=O) groups excluding carboxylic acids is 1. The van der Waals surface area contributed by atoms with Gasteiger partial charge in [-0.1, -0.05) is 49.9 Å². The van der Waals surface area contributed by atoms with Crippen molar-refractivity contribution in [3.05, 3.63) is 58.6 Å². The lowest BCUT2D eigenvalue weighted by molar-refractivity contribution is -0.123. The maximum Gasteiger partial charge on any atom is 0.257 e. The summed E-state index contributed by atoms with van der Waals surface area (Å²) in [4.78, 5) is 11.9. The zero-order chi connectivity index (χ0) is 24.6. The van der Waals surface area contributed by atoms with Gasteiger partial charge in [-0.25, -0.2) is 0 Å². The van der Waals surface area contributed by atoms with Crippen molar-refractivity contribution in [1.29, 1.82) is 0 Å². The molecule has 0 saturated heterocycles. The number of aliphatic hydroxyl groups is 1. The van der Waals surface area contributed by atoms with Gasteiger partial charge >= 0.3 is 0 Å². The Bertz CT molecular complexity index is 937. The van der Waals surface area contributed by atoms with Crippen LogP contribution in [-0.2, 0) is 11.2 Å². The molecule has 6 nitrogen and oxygen atoms in total. The fraction of sp³-hybridized carbons (Fsp3) is 0.519. The van der Waals surface area contributed by atoms with E-state index in [1.165, 1.54) is 12.8 Å². The van der Waals surface area contributed by atoms with Gasteiger partial charge in [-0.2, -0.15) is 0 Å². The smallest absolute Gasteiger partial charge is 0.257 e. The fourth-order valence-electron chi connectivity index (χ4n) is 4.10. The lowest BCUT2D eigenvalue weighted by atomic mass is 9.86. The molecule has 3 rings (SSSR count). The van der Waals surface area contributed by atoms with Crippen LogP contribution in [-0.4, -0.2) is 42.4 Å². The second-order valence-corrected chi connectivity index (χ2v) is 9.79. The summed E-state index contributed by atoms with van der Waals surface area (Å²) in [5.41, 5.74) is 1.29. The zero-order valence-electron chi connectivity index (χ0n) is 20.8. The third kappa shape index (κ3) is 8.57. The minimum absolute atomic E-state index is 0. The number of ether oxygens (including phenoxy) is 2. The molecule has 0 saturated carbocycles. The Hall–Kier alpha value is -1.99. The molecule has 3 N–H and O–H groups in total. The predicted octanol–water partition coefficient (Wildman–Crippen LogP) is 5.24. The number of aliphatic hydroxyl groups excluding tert-OH is 1. The second kappa shape index (κ2) is 13.9. The number of halogens is 2. The van der Waals surface area contributed by atoms with E-state index in [0.717, 1.165) is 36.1 Å². The molecular weight excluding hydrogens is 487 g/mol. The molecule has 0 aromatic heterocycles. The molecule has 194 valence electrons. The molecule has 0 aliphatic carbocycles. The summed E-state index contributed by atoms with van der Waals surface area (Å²) in [5.74, 6) is 1.31. The largest absolute Gasteiger partial charge is 0.485 e. The number of benzene rings is 2. The van der Waals surface area contributed by atoms with Gasteiger partial charge in [0.25, 0.3) is 5.91 Å². The van der Waals surface area contributed by atoms with Crippen molar-refractivity contribution in [3.63, 3.8) is 0 Å². The molecule has 1 heterocycles. The number of carbonyl (C=O) groups is 1. The number of nitrogens with one attached hydrogen (secondary N) is 2. The van der Waals surface area contributed by atoms with E-state index in [-0.39, 0.29) is 31.0 Å². The summed E-state index contributed by atoms with van der Waals surface area (Å²) in [6.45, 7) is 7.33. The van der Waals surface area contributed by atoms with Gasteiger partial charge in [0.1, 0.15) is 23.2 Å². The molecule has 2 unspecified atom stereocenters. The van der Waals surface area contributed by atoms with E-state index in [4.69, 9.17) is 21.1 Å². The third-order valence-electron chi connectivity index (χ3n) is 6.13. The van der Waals surface area contributed by atoms with E-state index in [2.05, 4.69) is 17.6 Å². The molecule has 2 aromatic carbocycles. The Labute approximate surface area is 220 Å². The number of rotatable bonds is 12. The SMILES string of the molecule is CCCCCCNC(=O)COc1ccc(CCNC2c3cc(Cl)ccc3OC(C)(C)C2O)cc1.Cl. The van der Waals surface area contributed by atoms with E-state index in [1.807, 2.05) is 50.2 Å². The number of amides is 1. The van der Waals surface area contributed by atoms with Crippen LogP contribution in [0.5, 0.6) is 11.5 Å². The highest BCUT2D eigenvalue weighted by molar-refractivity contribution is 6.30. The van der Waals surface area contributed by atoms with Gasteiger partial charge in [0.05, 0.1) is 6.04 Å². The Kier molecular flexibility index (Phi) is 11.6. The summed E-state index contributed by atoms with van der Waals surface area (Å²) in [6.07, 6.45) is 4.58. The minimum Gasteiger partial charge on any atom is -0.485 e. The van der Waals surface area contributed by atoms with Crippen LogP contribution in [0.25, 0.3) is 0 Å². The molecule has 0 radical (unpaired) electrons. The predicted molar refractivity (Wildman–Crippen MR) is 143 cm³/mol. The number of hydrogen-bond donors (Lipinski definition) is 3. The molecule has 1 aliphatic rings. The Balaban J connectivity index is 0.00000432. The average Bonchev–Trinajstić information content (AvgIpc) is 2.81. The highest BCUT2D eigenvalue weighted by atomic mass is 35.5. The number of fused-ring (bicyclic) bond motifs is 1. The molecule has 2 atom stereocenters. The van der Waals surface area contributed by atoms with E-state index < -0.39 is 11.7 Å². The molecule has 35 heavy (non-hydrogen) atoms. The molecular formula is C27H38Cl2N2O4. The van der Waals surface area contributed by atoms with Crippen LogP contribution in [0.2, 0.25) is 5.02 Å². The monoisotopic (exact) mass is 524 g/mol. The molecule has 1 amide bonds. The summed E-state index contributed by atoms with van der Waals surface area (Å²) >= 11 is 6.19. The van der Waals surface area contributed by atoms with Crippen molar-refractivity contribution < 1.29 is 19.4 Å². The minimum atomic E-state index is -0.716. The normalized spacial score (nSPS) is 18.1. The van der Waals surface area contributed by atoms with E-state index in [9.17, 15) is 9.90 Å². The van der Waals surface area contributed by atoms with Crippen LogP contribution in [0.4, 0.5) is 0 Å². The quantitative estimate of drug-likeness (QED) is 0.330. The first-order chi connectivity index (χ1) is 16.3. The summed E-state index contributed by atoms with van der Waals surface area (Å²) in [5, 5.41) is 17.9. The first-order valence-corrected chi connectivity index (χ1v) is 12.6. The van der Waals surface area contributed by atoms with Gasteiger partial charge in [-0.3, -0.25) is 4.79 Å². The van der Waals surface area contributed by atoms with Crippen molar-refractivity contribution in [3.8, 4) is 11.5 Å². The van der Waals surface area contributed by atoms with Crippen molar-refractivity contribution in [1.82, 2.24) is 10.6 Å². The van der Waals surface area contributed by atoms with Gasteiger partial charge in [-0.05, 0) is 69.1 Å². The lowest BCUT2D eigenvalue weighted by Gasteiger charge is -2.42. The van der Waals surface area contributed by atoms with Crippen LogP contribution < -0.4 is 20.1 Å². The van der Waals surface area contributed by atoms with Crippen molar-refractivity contribution >= 4 is 29.9 Å². The first kappa shape index (κ1) is 29.2. The second-order valence-electron chi connectivity index (χ2n) is 9.36. The Morgan fingerprint density at radius 2 is 1.86 bits per heavy atom. The topological polar surface area (TPSA) is 79.8 Å². The van der Waals surface area contributed by atoms with Crippen LogP contribution >= 0.6 is 24.0 Å². The van der Waals surface area contributed by atoms with E-state index >= 15 is 0 Å². The van der Waals surface area contributed by atoms with Crippen molar-refractivity contribution in [2.75, 3.05) is 19.7 Å². The van der Waals surface area contributed by atoms with E-state index in [1.54, 1.807) is 6.07 Å². The van der Waals surface area contributed by atoms with Crippen LogP contribution in [0.1, 0.15) is 63.6 Å². The Morgan fingerprint density at radius 1 is 1.11 bits per heavy atom. The van der Waals surface area contributed by atoms with Crippen molar-refractivity contribution in [2.45, 2.75) is 70.6 Å². The number of unbranched alkanes of at least 4 members (excludes halogenated alkanes) is 3. The van der Waals surface area contributed by atoms with Gasteiger partial charge < -0.3 is 25.2 Å². The van der Waals surface area contributed by atoms with Gasteiger partial charge in [-0.15, -0.1) is 12.4 Å². The lowest BCUT2D eigenvalue weighted by Crippen LogP contribution is -2.52. The van der Waals surface area contributed by atoms with Gasteiger partial charge in [0, 0.05) is 17.1 Å². The molecule has 1 aliphatic heterocycles. The zero-order valence-corrected chi connectivity index (χ0v) is 22.4. The molecule has 0 spiro atoms. The number of hydrogen-bond acceptors (Lipinski definition) is 5. The van der Waals surface area contributed by atoms with Crippen LogP contribution in [0.3, 0.4) is 0 Å². The molecule has 2 aromatic rings. The van der Waals surface area contributed by atoms with Gasteiger partial charge in [0.15, 0.2) is 6.61 Å². The average molecular weight is 526 g/mol. The highest BCUT2D eigenvalue weighted by Crippen LogP contribution is 2.40. The van der Waals surface area contributed by atoms with Gasteiger partial charge in [0.2, 0.25) is 0 Å². The standard InChI is InChI=1S/C27H37ClN2O4.ClH/c1-4-5-6-7-15-29-24(31)18-33-21-11-8-19(9-12-21)14-16-30-25-22-17-20(28)10-13-23(22)34-27(2,3)26(25)32;/h8-13,17,25-26,30,32H,4-7,14-16,18H2,1-3H3,(H,29,31);1H. The molecule has 8 heteroatoms. The van der Waals surface area contributed by atoms with Crippen molar-refractivity contribution in [2.24, 2.45) is 0 Å². The summed E-state index contributed by atoms with van der Waals surface area (Å²) in [7, 11) is 0. The van der Waals surface area contributed by atoms with E-state index in [0.29, 0.717) is 23.9 Å². The highest BCUT2D eigenvalue weighted by Gasteiger charge is 2.42. The van der Waals surface area contributed by atoms with Crippen LogP contribution in [0, 0.1) is 0 Å². The fourth-order valence-corrected chi connectivity index (χ4v) is 4.28. The maximum atomic E-state index is 11.9. The molecule has 0 fully saturated rings. The Morgan fingerprint density at radius 3 is 2.57 bits per heavy atom. The van der Waals surface area contributed by atoms with Crippen LogP contribution in [0.15, 0.2) is 42.5 Å². The third-order valence-corrected chi connectivity index (χ3v) is 6.37. The maximum absolute atomic E-state index is 11.9. The first-order valence-electron chi connectivity index (χ1n) is 12.2. The molecule has 0 bridgehead atoms. The summed E-state index contributed by atoms with van der Waals surface area (Å²) < 4.78 is 11.6. The summed E-state index contributed by atoms with van der Waals surface area (Å²) in [6, 6.07) is 13.0.